The fourth-order valence-corrected chi connectivity index (χ4v) is 4.00. The highest BCUT2D eigenvalue weighted by atomic mass is 32.2. The van der Waals surface area contributed by atoms with Gasteiger partial charge in [-0.3, -0.25) is 4.79 Å². The van der Waals surface area contributed by atoms with Gasteiger partial charge in [-0.1, -0.05) is 17.8 Å². The number of ether oxygens (including phenoxy) is 1. The summed E-state index contributed by atoms with van der Waals surface area (Å²) in [7, 11) is 5.36. The van der Waals surface area contributed by atoms with Crippen molar-refractivity contribution in [2.45, 2.75) is 11.7 Å². The van der Waals surface area contributed by atoms with Crippen LogP contribution in [0.5, 0.6) is 5.75 Å². The molecular weight excluding hydrogens is 368 g/mol. The monoisotopic (exact) mass is 388 g/mol. The van der Waals surface area contributed by atoms with Crippen LogP contribution in [0, 0.1) is 0 Å². The molecule has 26 heavy (non-hydrogen) atoms. The molecule has 136 valence electrons. The zero-order valence-electron chi connectivity index (χ0n) is 14.9. The molecule has 0 aliphatic carbocycles. The second-order valence-corrected chi connectivity index (χ2v) is 7.69. The number of methoxy groups -OCH3 is 1. The van der Waals surface area contributed by atoms with Crippen LogP contribution in [-0.4, -0.2) is 45.5 Å². The molecule has 0 aliphatic rings. The number of hydrogen-bond acceptors (Lipinski definition) is 6. The fraction of sp³-hybridized carbons (Fsp3) is 0.278. The highest BCUT2D eigenvalue weighted by molar-refractivity contribution is 7.99. The summed E-state index contributed by atoms with van der Waals surface area (Å²) in [5.74, 6) is 1.95. The van der Waals surface area contributed by atoms with Crippen LogP contribution in [0.15, 0.2) is 46.9 Å². The number of carbonyl (C=O) groups is 1. The Bertz CT molecular complexity index is 860. The van der Waals surface area contributed by atoms with E-state index in [1.165, 1.54) is 16.6 Å². The average molecular weight is 389 g/mol. The van der Waals surface area contributed by atoms with Crippen LogP contribution >= 0.6 is 23.1 Å². The number of nitrogens with zero attached hydrogens (tertiary/aromatic N) is 4. The van der Waals surface area contributed by atoms with Crippen molar-refractivity contribution in [3.05, 3.63) is 46.7 Å². The summed E-state index contributed by atoms with van der Waals surface area (Å²) < 4.78 is 7.08. The van der Waals surface area contributed by atoms with E-state index in [-0.39, 0.29) is 5.91 Å². The Morgan fingerprint density at radius 3 is 2.69 bits per heavy atom. The second-order valence-electron chi connectivity index (χ2n) is 5.71. The Balaban J connectivity index is 1.61. The van der Waals surface area contributed by atoms with E-state index in [1.807, 2.05) is 60.4 Å². The molecule has 2 heterocycles. The van der Waals surface area contributed by atoms with E-state index in [4.69, 9.17) is 4.74 Å². The third-order valence-corrected chi connectivity index (χ3v) is 5.77. The van der Waals surface area contributed by atoms with Gasteiger partial charge in [0.1, 0.15) is 5.75 Å². The predicted octanol–water partition coefficient (Wildman–Crippen LogP) is 3.30. The lowest BCUT2D eigenvalue weighted by molar-refractivity contribution is -0.127. The first-order chi connectivity index (χ1) is 12.6. The first kappa shape index (κ1) is 18.5. The van der Waals surface area contributed by atoms with E-state index >= 15 is 0 Å². The molecule has 0 saturated carbocycles. The van der Waals surface area contributed by atoms with Gasteiger partial charge < -0.3 is 14.2 Å². The van der Waals surface area contributed by atoms with Gasteiger partial charge in [0.05, 0.1) is 19.4 Å². The van der Waals surface area contributed by atoms with Gasteiger partial charge >= 0.3 is 0 Å². The molecule has 3 aromatic rings. The Labute approximate surface area is 160 Å². The summed E-state index contributed by atoms with van der Waals surface area (Å²) in [6.45, 7) is 0.632. The molecule has 0 unspecified atom stereocenters. The van der Waals surface area contributed by atoms with Gasteiger partial charge in [-0.25, -0.2) is 0 Å². The van der Waals surface area contributed by atoms with Gasteiger partial charge in [-0.15, -0.1) is 21.5 Å². The lowest BCUT2D eigenvalue weighted by atomic mass is 10.2. The SMILES string of the molecule is COc1ccc(-c2nnc(SCC(=O)N(C)Cc3cccs3)n2C)cc1. The molecule has 0 N–H and O–H groups in total. The van der Waals surface area contributed by atoms with Crippen molar-refractivity contribution in [1.82, 2.24) is 19.7 Å². The van der Waals surface area contributed by atoms with Gasteiger partial charge in [0.15, 0.2) is 11.0 Å². The molecule has 1 aromatic carbocycles. The van der Waals surface area contributed by atoms with Gasteiger partial charge in [-0.2, -0.15) is 0 Å². The summed E-state index contributed by atoms with van der Waals surface area (Å²) >= 11 is 3.05. The lowest BCUT2D eigenvalue weighted by Crippen LogP contribution is -2.27. The Hall–Kier alpha value is -2.32. The Morgan fingerprint density at radius 1 is 1.27 bits per heavy atom. The van der Waals surface area contributed by atoms with Crippen LogP contribution < -0.4 is 4.74 Å². The molecule has 3 rings (SSSR count). The standard InChI is InChI=1S/C18H20N4O2S2/c1-21(11-15-5-4-10-25-15)16(23)12-26-18-20-19-17(22(18)2)13-6-8-14(24-3)9-7-13/h4-10H,11-12H2,1-3H3. The summed E-state index contributed by atoms with van der Waals surface area (Å²) in [6.07, 6.45) is 0. The minimum Gasteiger partial charge on any atom is -0.497 e. The molecule has 0 spiro atoms. The van der Waals surface area contributed by atoms with Crippen LogP contribution in [0.3, 0.4) is 0 Å². The zero-order chi connectivity index (χ0) is 18.5. The number of thioether (sulfide) groups is 1. The van der Waals surface area contributed by atoms with Crippen molar-refractivity contribution in [3.8, 4) is 17.1 Å². The van der Waals surface area contributed by atoms with E-state index < -0.39 is 0 Å². The molecule has 0 fully saturated rings. The van der Waals surface area contributed by atoms with Gasteiger partial charge in [0.25, 0.3) is 0 Å². The zero-order valence-corrected chi connectivity index (χ0v) is 16.5. The molecule has 0 bridgehead atoms. The van der Waals surface area contributed by atoms with Crippen LogP contribution in [0.25, 0.3) is 11.4 Å². The number of thiophene rings is 1. The van der Waals surface area contributed by atoms with Gasteiger partial charge in [-0.05, 0) is 35.7 Å². The van der Waals surface area contributed by atoms with E-state index in [0.717, 1.165) is 17.1 Å². The Kier molecular flexibility index (Phi) is 5.95. The maximum Gasteiger partial charge on any atom is 0.233 e. The van der Waals surface area contributed by atoms with Crippen molar-refractivity contribution >= 4 is 29.0 Å². The lowest BCUT2D eigenvalue weighted by Gasteiger charge is -2.15. The fourth-order valence-electron chi connectivity index (χ4n) is 2.39. The third-order valence-electron chi connectivity index (χ3n) is 3.91. The minimum atomic E-state index is 0.0670. The van der Waals surface area contributed by atoms with Crippen molar-refractivity contribution in [2.24, 2.45) is 7.05 Å². The molecule has 1 amide bonds. The average Bonchev–Trinajstić information content (AvgIpc) is 3.29. The van der Waals surface area contributed by atoms with E-state index in [0.29, 0.717) is 17.5 Å². The van der Waals surface area contributed by atoms with Crippen molar-refractivity contribution < 1.29 is 9.53 Å². The molecule has 6 nitrogen and oxygen atoms in total. The first-order valence-electron chi connectivity index (χ1n) is 8.01. The van der Waals surface area contributed by atoms with Crippen molar-refractivity contribution in [3.63, 3.8) is 0 Å². The van der Waals surface area contributed by atoms with E-state index in [2.05, 4.69) is 10.2 Å². The smallest absolute Gasteiger partial charge is 0.233 e. The molecular formula is C18H20N4O2S2. The molecule has 0 radical (unpaired) electrons. The summed E-state index contributed by atoms with van der Waals surface area (Å²) in [6, 6.07) is 11.7. The van der Waals surface area contributed by atoms with Crippen molar-refractivity contribution in [2.75, 3.05) is 19.9 Å². The van der Waals surface area contributed by atoms with Crippen LogP contribution in [-0.2, 0) is 18.4 Å². The maximum atomic E-state index is 12.3. The quantitative estimate of drug-likeness (QED) is 0.581. The van der Waals surface area contributed by atoms with Crippen molar-refractivity contribution in [1.29, 1.82) is 0 Å². The number of carbonyl (C=O) groups excluding carboxylic acids is 1. The molecule has 0 atom stereocenters. The van der Waals surface area contributed by atoms with Gasteiger partial charge in [0, 0.05) is 24.5 Å². The van der Waals surface area contributed by atoms with E-state index in [9.17, 15) is 4.79 Å². The highest BCUT2D eigenvalue weighted by Crippen LogP contribution is 2.24. The largest absolute Gasteiger partial charge is 0.497 e. The highest BCUT2D eigenvalue weighted by Gasteiger charge is 2.15. The van der Waals surface area contributed by atoms with Gasteiger partial charge in [0.2, 0.25) is 5.91 Å². The number of rotatable bonds is 7. The predicted molar refractivity (Wildman–Crippen MR) is 105 cm³/mol. The Morgan fingerprint density at radius 2 is 2.04 bits per heavy atom. The summed E-state index contributed by atoms with van der Waals surface area (Å²) in [4.78, 5) is 15.2. The third kappa shape index (κ3) is 4.25. The van der Waals surface area contributed by atoms with Crippen LogP contribution in [0.4, 0.5) is 0 Å². The summed E-state index contributed by atoms with van der Waals surface area (Å²) in [5, 5.41) is 11.2. The summed E-state index contributed by atoms with van der Waals surface area (Å²) in [5.41, 5.74) is 0.953. The molecule has 8 heteroatoms. The number of benzene rings is 1. The van der Waals surface area contributed by atoms with Crippen LogP contribution in [0.1, 0.15) is 4.88 Å². The number of hydrogen-bond donors (Lipinski definition) is 0. The minimum absolute atomic E-state index is 0.0670. The molecule has 0 saturated heterocycles. The second kappa shape index (κ2) is 8.37. The molecule has 0 aliphatic heterocycles. The first-order valence-corrected chi connectivity index (χ1v) is 9.88. The number of aromatic nitrogens is 3. The maximum absolute atomic E-state index is 12.3. The van der Waals surface area contributed by atoms with Crippen LogP contribution in [0.2, 0.25) is 0 Å². The topological polar surface area (TPSA) is 60.3 Å². The van der Waals surface area contributed by atoms with E-state index in [1.54, 1.807) is 23.3 Å². The normalized spacial score (nSPS) is 10.7. The molecule has 2 aromatic heterocycles. The number of amides is 1.